The monoisotopic (exact) mass is 317 g/mol. The number of carbonyl (C=O) groups excluding carboxylic acids is 2. The quantitative estimate of drug-likeness (QED) is 0.833. The van der Waals surface area contributed by atoms with Crippen LogP contribution in [0.2, 0.25) is 5.02 Å². The molecule has 0 fully saturated rings. The molecule has 22 heavy (non-hydrogen) atoms. The number of ether oxygens (including phenoxy) is 1. The van der Waals surface area contributed by atoms with Crippen molar-refractivity contribution in [2.24, 2.45) is 0 Å². The SMILES string of the molecule is O=C(COC(=O)Cc1ccccc1)NCc1ccc(Cl)cc1. The van der Waals surface area contributed by atoms with Gasteiger partial charge in [0.2, 0.25) is 0 Å². The Hall–Kier alpha value is -2.33. The van der Waals surface area contributed by atoms with Gasteiger partial charge in [0.1, 0.15) is 0 Å². The number of rotatable bonds is 6. The van der Waals surface area contributed by atoms with E-state index < -0.39 is 5.97 Å². The number of hydrogen-bond acceptors (Lipinski definition) is 3. The van der Waals surface area contributed by atoms with Crippen molar-refractivity contribution < 1.29 is 14.3 Å². The maximum atomic E-state index is 11.6. The highest BCUT2D eigenvalue weighted by atomic mass is 35.5. The van der Waals surface area contributed by atoms with Gasteiger partial charge in [-0.15, -0.1) is 0 Å². The van der Waals surface area contributed by atoms with E-state index in [-0.39, 0.29) is 18.9 Å². The molecule has 2 aromatic carbocycles. The molecule has 0 aliphatic heterocycles. The molecule has 1 N–H and O–H groups in total. The zero-order valence-electron chi connectivity index (χ0n) is 11.9. The first-order valence-corrected chi connectivity index (χ1v) is 7.22. The zero-order chi connectivity index (χ0) is 15.8. The Morgan fingerprint density at radius 1 is 0.955 bits per heavy atom. The summed E-state index contributed by atoms with van der Waals surface area (Å²) >= 11 is 5.78. The minimum Gasteiger partial charge on any atom is -0.455 e. The normalized spacial score (nSPS) is 10.0. The first kappa shape index (κ1) is 16.0. The molecular formula is C17H16ClNO3. The van der Waals surface area contributed by atoms with Gasteiger partial charge in [-0.1, -0.05) is 54.1 Å². The highest BCUT2D eigenvalue weighted by Gasteiger charge is 2.08. The fraction of sp³-hybridized carbons (Fsp3) is 0.176. The Morgan fingerprint density at radius 2 is 1.64 bits per heavy atom. The molecule has 0 heterocycles. The fourth-order valence-electron chi connectivity index (χ4n) is 1.81. The summed E-state index contributed by atoms with van der Waals surface area (Å²) in [6.45, 7) is 0.0888. The van der Waals surface area contributed by atoms with Crippen molar-refractivity contribution in [3.05, 3.63) is 70.7 Å². The van der Waals surface area contributed by atoms with Gasteiger partial charge in [0, 0.05) is 11.6 Å². The second-order valence-electron chi connectivity index (χ2n) is 4.73. The van der Waals surface area contributed by atoms with E-state index in [1.165, 1.54) is 0 Å². The molecule has 114 valence electrons. The standard InChI is InChI=1S/C17H16ClNO3/c18-15-8-6-14(7-9-15)11-19-16(20)12-22-17(21)10-13-4-2-1-3-5-13/h1-9H,10-12H2,(H,19,20). The summed E-state index contributed by atoms with van der Waals surface area (Å²) in [5.74, 6) is -0.760. The molecule has 2 rings (SSSR count). The molecule has 5 heteroatoms. The van der Waals surface area contributed by atoms with Gasteiger partial charge in [0.25, 0.3) is 5.91 Å². The molecule has 4 nitrogen and oxygen atoms in total. The van der Waals surface area contributed by atoms with E-state index in [1.54, 1.807) is 12.1 Å². The predicted octanol–water partition coefficient (Wildman–Crippen LogP) is 2.74. The molecule has 0 unspecified atom stereocenters. The largest absolute Gasteiger partial charge is 0.455 e. The topological polar surface area (TPSA) is 55.4 Å². The fourth-order valence-corrected chi connectivity index (χ4v) is 1.94. The smallest absolute Gasteiger partial charge is 0.310 e. The number of benzene rings is 2. The van der Waals surface area contributed by atoms with E-state index in [4.69, 9.17) is 16.3 Å². The van der Waals surface area contributed by atoms with Crippen LogP contribution in [0.5, 0.6) is 0 Å². The van der Waals surface area contributed by atoms with Gasteiger partial charge in [-0.25, -0.2) is 0 Å². The van der Waals surface area contributed by atoms with Crippen LogP contribution in [-0.2, 0) is 27.3 Å². The van der Waals surface area contributed by atoms with Crippen LogP contribution in [0.1, 0.15) is 11.1 Å². The van der Waals surface area contributed by atoms with E-state index in [0.29, 0.717) is 11.6 Å². The van der Waals surface area contributed by atoms with Crippen molar-refractivity contribution in [2.75, 3.05) is 6.61 Å². The Balaban J connectivity index is 1.69. The Labute approximate surface area is 134 Å². The lowest BCUT2D eigenvalue weighted by Crippen LogP contribution is -2.28. The predicted molar refractivity (Wildman–Crippen MR) is 84.4 cm³/mol. The van der Waals surface area contributed by atoms with Gasteiger partial charge in [0.15, 0.2) is 6.61 Å². The lowest BCUT2D eigenvalue weighted by atomic mass is 10.2. The number of carbonyl (C=O) groups is 2. The second kappa shape index (κ2) is 8.20. The number of nitrogens with one attached hydrogen (secondary N) is 1. The van der Waals surface area contributed by atoms with E-state index in [1.807, 2.05) is 42.5 Å². The van der Waals surface area contributed by atoms with Crippen LogP contribution in [-0.4, -0.2) is 18.5 Å². The van der Waals surface area contributed by atoms with Crippen LogP contribution >= 0.6 is 11.6 Å². The third-order valence-electron chi connectivity index (χ3n) is 2.96. The molecule has 1 amide bonds. The molecular weight excluding hydrogens is 302 g/mol. The van der Waals surface area contributed by atoms with Crippen molar-refractivity contribution in [3.63, 3.8) is 0 Å². The lowest BCUT2D eigenvalue weighted by Gasteiger charge is -2.07. The van der Waals surface area contributed by atoms with Gasteiger partial charge in [-0.2, -0.15) is 0 Å². The third-order valence-corrected chi connectivity index (χ3v) is 3.21. The highest BCUT2D eigenvalue weighted by molar-refractivity contribution is 6.30. The van der Waals surface area contributed by atoms with E-state index in [0.717, 1.165) is 11.1 Å². The minimum absolute atomic E-state index is 0.158. The number of halogens is 1. The summed E-state index contributed by atoms with van der Waals surface area (Å²) in [5, 5.41) is 3.32. The lowest BCUT2D eigenvalue weighted by molar-refractivity contribution is -0.147. The van der Waals surface area contributed by atoms with Crippen molar-refractivity contribution in [3.8, 4) is 0 Å². The second-order valence-corrected chi connectivity index (χ2v) is 5.16. The van der Waals surface area contributed by atoms with E-state index in [9.17, 15) is 9.59 Å². The molecule has 0 saturated carbocycles. The summed E-state index contributed by atoms with van der Waals surface area (Å²) in [6.07, 6.45) is 0.158. The molecule has 0 aromatic heterocycles. The summed E-state index contributed by atoms with van der Waals surface area (Å²) < 4.78 is 4.94. The average molecular weight is 318 g/mol. The Kier molecular flexibility index (Phi) is 5.98. The maximum Gasteiger partial charge on any atom is 0.310 e. The first-order chi connectivity index (χ1) is 10.6. The van der Waals surface area contributed by atoms with Crippen LogP contribution in [0.15, 0.2) is 54.6 Å². The number of esters is 1. The van der Waals surface area contributed by atoms with Crippen LogP contribution < -0.4 is 5.32 Å². The summed E-state index contributed by atoms with van der Waals surface area (Å²) in [4.78, 5) is 23.2. The van der Waals surface area contributed by atoms with Gasteiger partial charge in [-0.05, 0) is 23.3 Å². The van der Waals surface area contributed by atoms with Crippen molar-refractivity contribution in [1.29, 1.82) is 0 Å². The molecule has 0 aliphatic rings. The molecule has 0 radical (unpaired) electrons. The zero-order valence-corrected chi connectivity index (χ0v) is 12.7. The Bertz CT molecular complexity index is 626. The molecule has 0 saturated heterocycles. The number of hydrogen-bond donors (Lipinski definition) is 1. The van der Waals surface area contributed by atoms with Crippen LogP contribution in [0, 0.1) is 0 Å². The Morgan fingerprint density at radius 3 is 2.32 bits per heavy atom. The van der Waals surface area contributed by atoms with E-state index >= 15 is 0 Å². The third kappa shape index (κ3) is 5.58. The summed E-state index contributed by atoms with van der Waals surface area (Å²) in [7, 11) is 0. The molecule has 0 aliphatic carbocycles. The van der Waals surface area contributed by atoms with Crippen LogP contribution in [0.3, 0.4) is 0 Å². The van der Waals surface area contributed by atoms with Crippen LogP contribution in [0.4, 0.5) is 0 Å². The van der Waals surface area contributed by atoms with Gasteiger partial charge >= 0.3 is 5.97 Å². The van der Waals surface area contributed by atoms with Crippen LogP contribution in [0.25, 0.3) is 0 Å². The van der Waals surface area contributed by atoms with E-state index in [2.05, 4.69) is 5.32 Å². The average Bonchev–Trinajstić information content (AvgIpc) is 2.53. The van der Waals surface area contributed by atoms with Crippen molar-refractivity contribution in [2.45, 2.75) is 13.0 Å². The molecule has 0 bridgehead atoms. The summed E-state index contributed by atoms with van der Waals surface area (Å²) in [6, 6.07) is 16.4. The van der Waals surface area contributed by atoms with Gasteiger partial charge in [0.05, 0.1) is 6.42 Å². The minimum atomic E-state index is -0.423. The number of amides is 1. The van der Waals surface area contributed by atoms with Crippen molar-refractivity contribution in [1.82, 2.24) is 5.32 Å². The molecule has 0 spiro atoms. The summed E-state index contributed by atoms with van der Waals surface area (Å²) in [5.41, 5.74) is 1.78. The van der Waals surface area contributed by atoms with Gasteiger partial charge < -0.3 is 10.1 Å². The maximum absolute atomic E-state index is 11.6. The molecule has 2 aromatic rings. The first-order valence-electron chi connectivity index (χ1n) is 6.84. The highest BCUT2D eigenvalue weighted by Crippen LogP contribution is 2.09. The van der Waals surface area contributed by atoms with Gasteiger partial charge in [-0.3, -0.25) is 9.59 Å². The molecule has 0 atom stereocenters. The van der Waals surface area contributed by atoms with Crippen molar-refractivity contribution >= 4 is 23.5 Å².